The van der Waals surface area contributed by atoms with Crippen molar-refractivity contribution in [3.05, 3.63) is 23.8 Å². The van der Waals surface area contributed by atoms with Crippen LogP contribution in [-0.4, -0.2) is 75.3 Å². The predicted octanol–water partition coefficient (Wildman–Crippen LogP) is -1.33. The molecule has 3 atom stereocenters. The van der Waals surface area contributed by atoms with Gasteiger partial charge >= 0.3 is 12.1 Å². The monoisotopic (exact) mass is 443 g/mol. The number of carboxylic acid groups (broad SMARTS) is 1. The Labute approximate surface area is 169 Å². The molecule has 1 aromatic carbocycles. The lowest BCUT2D eigenvalue weighted by molar-refractivity contribution is -0.158. The average molecular weight is 443 g/mol. The van der Waals surface area contributed by atoms with E-state index in [0.29, 0.717) is 0 Å². The van der Waals surface area contributed by atoms with Gasteiger partial charge in [0.25, 0.3) is 5.91 Å². The molecule has 0 aliphatic carbocycles. The van der Waals surface area contributed by atoms with Crippen molar-refractivity contribution in [2.24, 2.45) is 0 Å². The summed E-state index contributed by atoms with van der Waals surface area (Å²) in [6.07, 6.45) is -1.63. The number of nitrogens with one attached hydrogen (secondary N) is 2. The molecule has 162 valence electrons. The number of hydrogen-bond acceptors (Lipinski definition) is 9. The first-order chi connectivity index (χ1) is 13.9. The minimum atomic E-state index is -4.15. The molecule has 2 aliphatic rings. The van der Waals surface area contributed by atoms with E-state index in [-0.39, 0.29) is 12.0 Å². The Hall–Kier alpha value is -3.55. The summed E-state index contributed by atoms with van der Waals surface area (Å²) in [7, 11) is -4.15. The molecule has 3 unspecified atom stereocenters. The van der Waals surface area contributed by atoms with Crippen LogP contribution in [0.4, 0.5) is 4.79 Å². The van der Waals surface area contributed by atoms with Gasteiger partial charge in [-0.3, -0.25) is 15.0 Å². The number of fused-ring (bicyclic) bond motifs is 1. The van der Waals surface area contributed by atoms with Crippen LogP contribution in [0.3, 0.4) is 0 Å². The van der Waals surface area contributed by atoms with Gasteiger partial charge in [-0.15, -0.1) is 0 Å². The third-order valence-electron chi connectivity index (χ3n) is 5.05. The Morgan fingerprint density at radius 2 is 1.90 bits per heavy atom. The molecule has 2 saturated heterocycles. The van der Waals surface area contributed by atoms with Crippen LogP contribution < -0.4 is 10.9 Å². The van der Waals surface area contributed by atoms with Gasteiger partial charge in [-0.1, -0.05) is 0 Å². The molecule has 30 heavy (non-hydrogen) atoms. The van der Waals surface area contributed by atoms with E-state index in [1.165, 1.54) is 0 Å². The smallest absolute Gasteiger partial charge is 0.426 e. The molecular formula is C16H17N3O10S. The predicted molar refractivity (Wildman–Crippen MR) is 95.7 cm³/mol. The Morgan fingerprint density at radius 3 is 2.47 bits per heavy atom. The maximum Gasteiger partial charge on any atom is 0.426 e. The minimum absolute atomic E-state index is 0.121. The van der Waals surface area contributed by atoms with Crippen LogP contribution in [0.5, 0.6) is 11.5 Å². The lowest BCUT2D eigenvalue weighted by Gasteiger charge is -2.35. The van der Waals surface area contributed by atoms with Crippen molar-refractivity contribution in [2.75, 3.05) is 6.61 Å². The number of rotatable bonds is 4. The summed E-state index contributed by atoms with van der Waals surface area (Å²) in [5.74, 6) is -4.10. The van der Waals surface area contributed by atoms with E-state index < -0.39 is 68.0 Å². The molecule has 0 spiro atoms. The first-order valence-electron chi connectivity index (χ1n) is 8.42. The van der Waals surface area contributed by atoms with Crippen LogP contribution in [0.25, 0.3) is 0 Å². The number of β-lactam (4-membered cyclic amide) rings is 1. The fourth-order valence-corrected chi connectivity index (χ4v) is 5.63. The Bertz CT molecular complexity index is 1060. The number of phenolic OH excluding ortho intramolecular Hbond substituents is 2. The van der Waals surface area contributed by atoms with Crippen LogP contribution in [0.1, 0.15) is 23.7 Å². The van der Waals surface area contributed by atoms with E-state index in [0.717, 1.165) is 30.0 Å². The quantitative estimate of drug-likeness (QED) is 0.211. The highest BCUT2D eigenvalue weighted by Crippen LogP contribution is 2.46. The minimum Gasteiger partial charge on any atom is -0.504 e. The number of nitrogens with zero attached hydrogens (tertiary/aromatic N) is 1. The first-order valence-corrected chi connectivity index (χ1v) is 9.97. The maximum atomic E-state index is 12.7. The van der Waals surface area contributed by atoms with Gasteiger partial charge in [0.15, 0.2) is 27.4 Å². The normalized spacial score (nSPS) is 26.3. The van der Waals surface area contributed by atoms with Crippen molar-refractivity contribution < 1.29 is 47.7 Å². The van der Waals surface area contributed by atoms with Gasteiger partial charge < -0.3 is 25.0 Å². The van der Waals surface area contributed by atoms with Gasteiger partial charge in [0, 0.05) is 5.56 Å². The summed E-state index contributed by atoms with van der Waals surface area (Å²) in [6, 6.07) is 1.41. The van der Waals surface area contributed by atoms with Crippen LogP contribution in [0.15, 0.2) is 18.2 Å². The van der Waals surface area contributed by atoms with Crippen LogP contribution in [0.2, 0.25) is 0 Å². The van der Waals surface area contributed by atoms with Crippen molar-refractivity contribution in [1.82, 2.24) is 15.8 Å². The van der Waals surface area contributed by atoms with Crippen molar-refractivity contribution in [2.45, 2.75) is 29.5 Å². The molecule has 3 amide bonds. The summed E-state index contributed by atoms with van der Waals surface area (Å²) in [4.78, 5) is 47.8. The Morgan fingerprint density at radius 1 is 1.23 bits per heavy atom. The average Bonchev–Trinajstić information content (AvgIpc) is 2.81. The number of aliphatic carboxylic acids is 1. The summed E-state index contributed by atoms with van der Waals surface area (Å²) < 4.78 is 28.1. The van der Waals surface area contributed by atoms with Crippen LogP contribution >= 0.6 is 0 Å². The number of hydrogen-bond donors (Lipinski definition) is 5. The maximum absolute atomic E-state index is 12.7. The largest absolute Gasteiger partial charge is 0.504 e. The highest BCUT2D eigenvalue weighted by Gasteiger charge is 2.70. The topological polar surface area (TPSA) is 200 Å². The number of hydrazine groups is 1. The standard InChI is InChI=1S/C16H17N3O10S/c1-16(12(14(24)25)19-10(22)5-11(19)30(16,27)28)6-29-15(26)18-17-13(23)7-2-3-8(20)9(21)4-7/h2-4,11-12,20-21H,5-6H2,1H3,(H,17,23)(H,18,26)(H,24,25). The van der Waals surface area contributed by atoms with E-state index in [1.807, 2.05) is 10.9 Å². The molecule has 0 radical (unpaired) electrons. The zero-order valence-corrected chi connectivity index (χ0v) is 16.2. The van der Waals surface area contributed by atoms with E-state index in [1.54, 1.807) is 0 Å². The Balaban J connectivity index is 1.64. The summed E-state index contributed by atoms with van der Waals surface area (Å²) in [6.45, 7) is 0.187. The van der Waals surface area contributed by atoms with E-state index in [2.05, 4.69) is 0 Å². The molecule has 0 aromatic heterocycles. The van der Waals surface area contributed by atoms with Gasteiger partial charge in [0.1, 0.15) is 16.7 Å². The van der Waals surface area contributed by atoms with Crippen molar-refractivity contribution >= 4 is 33.7 Å². The van der Waals surface area contributed by atoms with Gasteiger partial charge in [-0.25, -0.2) is 23.4 Å². The van der Waals surface area contributed by atoms with Crippen molar-refractivity contribution in [1.29, 1.82) is 0 Å². The van der Waals surface area contributed by atoms with E-state index in [4.69, 9.17) is 4.74 Å². The second kappa shape index (κ2) is 7.05. The van der Waals surface area contributed by atoms with Gasteiger partial charge in [-0.2, -0.15) is 0 Å². The van der Waals surface area contributed by atoms with Crippen molar-refractivity contribution in [3.8, 4) is 11.5 Å². The third kappa shape index (κ3) is 3.14. The number of carbonyl (C=O) groups excluding carboxylic acids is 3. The number of amides is 3. The molecular weight excluding hydrogens is 426 g/mol. The molecule has 14 heteroatoms. The Kier molecular flexibility index (Phi) is 4.97. The summed E-state index contributed by atoms with van der Waals surface area (Å²) >= 11 is 0. The van der Waals surface area contributed by atoms with Crippen LogP contribution in [-0.2, 0) is 24.2 Å². The van der Waals surface area contributed by atoms with Crippen LogP contribution in [0, 0.1) is 0 Å². The molecule has 13 nitrogen and oxygen atoms in total. The third-order valence-corrected chi connectivity index (χ3v) is 7.80. The van der Waals surface area contributed by atoms with Crippen molar-refractivity contribution in [3.63, 3.8) is 0 Å². The molecule has 1 aromatic rings. The summed E-state index contributed by atoms with van der Waals surface area (Å²) in [5, 5.41) is 26.7. The highest BCUT2D eigenvalue weighted by molar-refractivity contribution is 7.94. The number of ether oxygens (including phenoxy) is 1. The lowest BCUT2D eigenvalue weighted by Crippen LogP contribution is -2.58. The van der Waals surface area contributed by atoms with E-state index >= 15 is 0 Å². The second-order valence-electron chi connectivity index (χ2n) is 6.92. The lowest BCUT2D eigenvalue weighted by atomic mass is 9.97. The highest BCUT2D eigenvalue weighted by atomic mass is 32.2. The first kappa shape index (κ1) is 21.2. The van der Waals surface area contributed by atoms with Gasteiger partial charge in [0.05, 0.1) is 6.42 Å². The zero-order valence-electron chi connectivity index (χ0n) is 15.4. The molecule has 3 rings (SSSR count). The molecule has 0 bridgehead atoms. The number of benzene rings is 1. The zero-order chi connectivity index (χ0) is 22.4. The summed E-state index contributed by atoms with van der Waals surface area (Å²) in [5.41, 5.74) is 3.66. The molecule has 0 saturated carbocycles. The molecule has 5 N–H and O–H groups in total. The molecule has 2 aliphatic heterocycles. The molecule has 2 fully saturated rings. The SMILES string of the molecule is CC1(COC(=O)NNC(=O)c2ccc(O)c(O)c2)C(C(=O)O)N2C(=O)CC2S1(=O)=O. The van der Waals surface area contributed by atoms with Gasteiger partial charge in [-0.05, 0) is 25.1 Å². The number of carbonyl (C=O) groups is 4. The number of phenols is 2. The fourth-order valence-electron chi connectivity index (χ4n) is 3.36. The number of aromatic hydroxyl groups is 2. The van der Waals surface area contributed by atoms with Gasteiger partial charge in [0.2, 0.25) is 5.91 Å². The van der Waals surface area contributed by atoms with E-state index in [9.17, 15) is 42.9 Å². The fraction of sp³-hybridized carbons (Fsp3) is 0.375. The second-order valence-corrected chi connectivity index (χ2v) is 9.48. The molecule has 2 heterocycles. The number of carboxylic acids is 1. The number of sulfone groups is 1.